The molecule has 0 saturated carbocycles. The maximum atomic E-state index is 12.1. The van der Waals surface area contributed by atoms with E-state index in [1.165, 1.54) is 11.3 Å². The summed E-state index contributed by atoms with van der Waals surface area (Å²) in [6.45, 7) is 1.61. The van der Waals surface area contributed by atoms with Gasteiger partial charge in [-0.3, -0.25) is 9.59 Å². The average Bonchev–Trinajstić information content (AvgIpc) is 2.91. The van der Waals surface area contributed by atoms with Crippen LogP contribution in [0.5, 0.6) is 0 Å². The van der Waals surface area contributed by atoms with Crippen LogP contribution in [0.3, 0.4) is 0 Å². The zero-order chi connectivity index (χ0) is 13.1. The Morgan fingerprint density at radius 3 is 2.61 bits per heavy atom. The third-order valence-electron chi connectivity index (χ3n) is 2.76. The van der Waals surface area contributed by atoms with Crippen LogP contribution in [-0.2, 0) is 4.79 Å². The van der Waals surface area contributed by atoms with Gasteiger partial charge in [-0.05, 0) is 30.0 Å². The van der Waals surface area contributed by atoms with Crippen molar-refractivity contribution >= 4 is 23.1 Å². The normalized spacial score (nSPS) is 12.1. The molecule has 0 saturated heterocycles. The zero-order valence-corrected chi connectivity index (χ0v) is 10.6. The number of carboxylic acid groups (broad SMARTS) is 1. The lowest BCUT2D eigenvalue weighted by Gasteiger charge is -2.07. The average molecular weight is 260 g/mol. The van der Waals surface area contributed by atoms with Crippen LogP contribution in [-0.4, -0.2) is 16.9 Å². The van der Waals surface area contributed by atoms with E-state index in [2.05, 4.69) is 0 Å². The molecule has 0 aliphatic rings. The van der Waals surface area contributed by atoms with Crippen molar-refractivity contribution in [2.24, 2.45) is 0 Å². The Kier molecular flexibility index (Phi) is 3.58. The van der Waals surface area contributed by atoms with Crippen LogP contribution in [0.4, 0.5) is 0 Å². The van der Waals surface area contributed by atoms with Gasteiger partial charge in [0.1, 0.15) is 0 Å². The van der Waals surface area contributed by atoms with Crippen LogP contribution in [0.1, 0.15) is 33.6 Å². The van der Waals surface area contributed by atoms with Crippen molar-refractivity contribution in [1.82, 2.24) is 0 Å². The van der Waals surface area contributed by atoms with E-state index in [4.69, 9.17) is 5.11 Å². The Morgan fingerprint density at radius 1 is 1.22 bits per heavy atom. The maximum Gasteiger partial charge on any atom is 0.310 e. The molecule has 2 aromatic rings. The van der Waals surface area contributed by atoms with E-state index in [1.54, 1.807) is 37.3 Å². The number of thiophene rings is 1. The molecule has 92 valence electrons. The lowest BCUT2D eigenvalue weighted by atomic mass is 9.97. The third kappa shape index (κ3) is 2.49. The molecule has 0 unspecified atom stereocenters. The van der Waals surface area contributed by atoms with Crippen LogP contribution in [0, 0.1) is 0 Å². The summed E-state index contributed by atoms with van der Waals surface area (Å²) in [4.78, 5) is 23.7. The summed E-state index contributed by atoms with van der Waals surface area (Å²) in [6.07, 6.45) is 0. The molecule has 18 heavy (non-hydrogen) atoms. The van der Waals surface area contributed by atoms with Gasteiger partial charge in [-0.2, -0.15) is 0 Å². The molecule has 0 aliphatic heterocycles. The second-order valence-electron chi connectivity index (χ2n) is 3.99. The van der Waals surface area contributed by atoms with Crippen LogP contribution in [0.15, 0.2) is 41.8 Å². The minimum Gasteiger partial charge on any atom is -0.481 e. The largest absolute Gasteiger partial charge is 0.481 e. The van der Waals surface area contributed by atoms with Crippen molar-refractivity contribution in [1.29, 1.82) is 0 Å². The van der Waals surface area contributed by atoms with E-state index < -0.39 is 11.9 Å². The predicted octanol–water partition coefficient (Wildman–Crippen LogP) is 3.17. The number of carbonyl (C=O) groups excluding carboxylic acids is 1. The summed E-state index contributed by atoms with van der Waals surface area (Å²) in [5.41, 5.74) is 1.17. The molecule has 2 rings (SSSR count). The van der Waals surface area contributed by atoms with Gasteiger partial charge in [0.2, 0.25) is 5.78 Å². The number of rotatable bonds is 4. The van der Waals surface area contributed by atoms with Crippen molar-refractivity contribution in [3.05, 3.63) is 57.8 Å². The molecular weight excluding hydrogens is 248 g/mol. The highest BCUT2D eigenvalue weighted by atomic mass is 32.1. The molecule has 0 spiro atoms. The Labute approximate surface area is 109 Å². The van der Waals surface area contributed by atoms with Gasteiger partial charge in [0.25, 0.3) is 0 Å². The van der Waals surface area contributed by atoms with E-state index >= 15 is 0 Å². The molecule has 1 N–H and O–H groups in total. The van der Waals surface area contributed by atoms with Crippen LogP contribution < -0.4 is 0 Å². The predicted molar refractivity (Wildman–Crippen MR) is 70.2 cm³/mol. The first kappa shape index (κ1) is 12.5. The summed E-state index contributed by atoms with van der Waals surface area (Å²) in [5, 5.41) is 10.8. The molecule has 1 heterocycles. The fraction of sp³-hybridized carbons (Fsp3) is 0.143. The Bertz CT molecular complexity index is 572. The Morgan fingerprint density at radius 2 is 2.00 bits per heavy atom. The summed E-state index contributed by atoms with van der Waals surface area (Å²) in [7, 11) is 0. The fourth-order valence-electron chi connectivity index (χ4n) is 1.64. The number of carboxylic acids is 1. The number of aliphatic carboxylic acids is 1. The van der Waals surface area contributed by atoms with Gasteiger partial charge in [0, 0.05) is 5.56 Å². The minimum atomic E-state index is -0.893. The smallest absolute Gasteiger partial charge is 0.310 e. The van der Waals surface area contributed by atoms with Gasteiger partial charge in [-0.25, -0.2) is 0 Å². The molecule has 0 aliphatic carbocycles. The monoisotopic (exact) mass is 260 g/mol. The molecule has 1 aromatic heterocycles. The maximum absolute atomic E-state index is 12.1. The molecule has 0 bridgehead atoms. The Hall–Kier alpha value is -1.94. The van der Waals surface area contributed by atoms with Gasteiger partial charge in [0.05, 0.1) is 10.8 Å². The van der Waals surface area contributed by atoms with Crippen LogP contribution in [0.25, 0.3) is 0 Å². The quantitative estimate of drug-likeness (QED) is 0.859. The molecule has 1 aromatic carbocycles. The first-order valence-corrected chi connectivity index (χ1v) is 6.38. The zero-order valence-electron chi connectivity index (χ0n) is 9.79. The molecule has 0 amide bonds. The second-order valence-corrected chi connectivity index (χ2v) is 4.94. The van der Waals surface area contributed by atoms with E-state index in [0.29, 0.717) is 16.0 Å². The summed E-state index contributed by atoms with van der Waals surface area (Å²) >= 11 is 1.38. The van der Waals surface area contributed by atoms with Crippen LogP contribution >= 0.6 is 11.3 Å². The lowest BCUT2D eigenvalue weighted by Crippen LogP contribution is -2.08. The lowest BCUT2D eigenvalue weighted by molar-refractivity contribution is -0.138. The SMILES string of the molecule is C[C@@H](C(=O)O)c1cccc(C(=O)c2cccs2)c1. The van der Waals surface area contributed by atoms with Gasteiger partial charge >= 0.3 is 5.97 Å². The molecule has 3 nitrogen and oxygen atoms in total. The highest BCUT2D eigenvalue weighted by Crippen LogP contribution is 2.20. The Balaban J connectivity index is 2.33. The van der Waals surface area contributed by atoms with E-state index in [0.717, 1.165) is 0 Å². The number of hydrogen-bond acceptors (Lipinski definition) is 3. The molecule has 0 fully saturated rings. The first-order valence-electron chi connectivity index (χ1n) is 5.50. The van der Waals surface area contributed by atoms with Crippen molar-refractivity contribution in [2.75, 3.05) is 0 Å². The standard InChI is InChI=1S/C14H12O3S/c1-9(14(16)17)10-4-2-5-11(8-10)13(15)12-6-3-7-18-12/h2-9H,1H3,(H,16,17)/t9-/m1/s1. The van der Waals surface area contributed by atoms with Gasteiger partial charge < -0.3 is 5.11 Å². The van der Waals surface area contributed by atoms with Crippen molar-refractivity contribution < 1.29 is 14.7 Å². The summed E-state index contributed by atoms with van der Waals surface area (Å²) in [6, 6.07) is 10.4. The minimum absolute atomic E-state index is 0.0653. The van der Waals surface area contributed by atoms with E-state index in [9.17, 15) is 9.59 Å². The number of ketones is 1. The molecule has 1 atom stereocenters. The van der Waals surface area contributed by atoms with Gasteiger partial charge in [-0.15, -0.1) is 11.3 Å². The highest BCUT2D eigenvalue weighted by molar-refractivity contribution is 7.12. The van der Waals surface area contributed by atoms with Crippen molar-refractivity contribution in [2.45, 2.75) is 12.8 Å². The van der Waals surface area contributed by atoms with Gasteiger partial charge in [-0.1, -0.05) is 24.3 Å². The van der Waals surface area contributed by atoms with Crippen molar-refractivity contribution in [3.63, 3.8) is 0 Å². The molecule has 0 radical (unpaired) electrons. The van der Waals surface area contributed by atoms with Gasteiger partial charge in [0.15, 0.2) is 0 Å². The molecular formula is C14H12O3S. The van der Waals surface area contributed by atoms with Crippen LogP contribution in [0.2, 0.25) is 0 Å². The number of benzene rings is 1. The summed E-state index contributed by atoms with van der Waals surface area (Å²) < 4.78 is 0. The summed E-state index contributed by atoms with van der Waals surface area (Å²) in [5.74, 6) is -1.57. The fourth-order valence-corrected chi connectivity index (χ4v) is 2.33. The molecule has 4 heteroatoms. The second kappa shape index (κ2) is 5.14. The number of hydrogen-bond donors (Lipinski definition) is 1. The topological polar surface area (TPSA) is 54.4 Å². The van der Waals surface area contributed by atoms with Crippen molar-refractivity contribution in [3.8, 4) is 0 Å². The van der Waals surface area contributed by atoms with E-state index in [-0.39, 0.29) is 5.78 Å². The highest BCUT2D eigenvalue weighted by Gasteiger charge is 2.16. The third-order valence-corrected chi connectivity index (χ3v) is 3.63. The first-order chi connectivity index (χ1) is 8.59. The number of carbonyl (C=O) groups is 2. The van der Waals surface area contributed by atoms with E-state index in [1.807, 2.05) is 11.4 Å².